The Morgan fingerprint density at radius 3 is 3.55 bits per heavy atom. The van der Waals surface area contributed by atoms with Crippen molar-refractivity contribution in [1.82, 2.24) is 9.94 Å². The third kappa shape index (κ3) is 1.20. The van der Waals surface area contributed by atoms with Gasteiger partial charge in [0.25, 0.3) is 0 Å². The van der Waals surface area contributed by atoms with Gasteiger partial charge in [-0.25, -0.2) is 0 Å². The highest BCUT2D eigenvalue weighted by molar-refractivity contribution is 9.10. The van der Waals surface area contributed by atoms with Crippen LogP contribution in [-0.2, 0) is 0 Å². The van der Waals surface area contributed by atoms with Gasteiger partial charge < -0.3 is 10.2 Å². The van der Waals surface area contributed by atoms with Crippen molar-refractivity contribution in [2.24, 2.45) is 0 Å². The number of fused-ring (bicyclic) bond motifs is 1. The van der Waals surface area contributed by atoms with Crippen LogP contribution in [0, 0.1) is 0 Å². The Hall–Kier alpha value is -0.710. The number of hydrogen-bond acceptors (Lipinski definition) is 3. The Morgan fingerprint density at radius 2 is 2.64 bits per heavy atom. The predicted molar refractivity (Wildman–Crippen MR) is 44.5 cm³/mol. The fraction of sp³-hybridized carbons (Fsp3) is 0.500. The molecule has 1 aromatic heterocycles. The molecule has 0 atom stereocenters. The quantitative estimate of drug-likeness (QED) is 0.702. The van der Waals surface area contributed by atoms with Crippen LogP contribution in [0.4, 0.5) is 5.82 Å². The van der Waals surface area contributed by atoms with Crippen molar-refractivity contribution < 1.29 is 4.84 Å². The van der Waals surface area contributed by atoms with E-state index in [1.54, 1.807) is 6.20 Å². The molecule has 0 amide bonds. The molecule has 1 aromatic rings. The SMILES string of the molecule is Brc1cnn2c1NCCCO2. The Balaban J connectivity index is 2.35. The monoisotopic (exact) mass is 217 g/mol. The normalized spacial score (nSPS) is 16.1. The Morgan fingerprint density at radius 1 is 1.73 bits per heavy atom. The molecule has 0 aromatic carbocycles. The Bertz CT molecular complexity index is 260. The van der Waals surface area contributed by atoms with E-state index in [4.69, 9.17) is 4.84 Å². The highest BCUT2D eigenvalue weighted by atomic mass is 79.9. The minimum absolute atomic E-state index is 0.716. The topological polar surface area (TPSA) is 39.1 Å². The van der Waals surface area contributed by atoms with E-state index in [-0.39, 0.29) is 0 Å². The highest BCUT2D eigenvalue weighted by Crippen LogP contribution is 2.21. The first-order valence-electron chi connectivity index (χ1n) is 3.48. The lowest BCUT2D eigenvalue weighted by atomic mass is 10.4. The van der Waals surface area contributed by atoms with E-state index in [2.05, 4.69) is 26.3 Å². The highest BCUT2D eigenvalue weighted by Gasteiger charge is 2.11. The molecule has 2 rings (SSSR count). The molecule has 0 fully saturated rings. The fourth-order valence-corrected chi connectivity index (χ4v) is 1.38. The molecule has 5 heteroatoms. The van der Waals surface area contributed by atoms with Crippen molar-refractivity contribution in [2.75, 3.05) is 18.5 Å². The number of rotatable bonds is 0. The number of aromatic nitrogens is 2. The summed E-state index contributed by atoms with van der Waals surface area (Å²) in [4.78, 5) is 6.79. The number of hydrogen-bond donors (Lipinski definition) is 1. The largest absolute Gasteiger partial charge is 0.395 e. The van der Waals surface area contributed by atoms with Crippen LogP contribution in [0.2, 0.25) is 0 Å². The zero-order valence-electron chi connectivity index (χ0n) is 5.88. The van der Waals surface area contributed by atoms with Crippen LogP contribution in [0.1, 0.15) is 6.42 Å². The van der Waals surface area contributed by atoms with Crippen molar-refractivity contribution in [1.29, 1.82) is 0 Å². The molecule has 0 radical (unpaired) electrons. The first-order chi connectivity index (χ1) is 5.38. The lowest BCUT2D eigenvalue weighted by molar-refractivity contribution is 0.0922. The molecule has 1 N–H and O–H groups in total. The third-order valence-corrected chi connectivity index (χ3v) is 2.10. The van der Waals surface area contributed by atoms with Crippen LogP contribution in [0.15, 0.2) is 10.7 Å². The van der Waals surface area contributed by atoms with E-state index < -0.39 is 0 Å². The maximum Gasteiger partial charge on any atom is 0.180 e. The summed E-state index contributed by atoms with van der Waals surface area (Å²) >= 11 is 3.36. The van der Waals surface area contributed by atoms with Crippen LogP contribution >= 0.6 is 15.9 Å². The van der Waals surface area contributed by atoms with Crippen molar-refractivity contribution in [3.8, 4) is 0 Å². The van der Waals surface area contributed by atoms with Gasteiger partial charge in [-0.05, 0) is 15.9 Å². The van der Waals surface area contributed by atoms with Crippen LogP contribution in [0.5, 0.6) is 0 Å². The molecule has 2 heterocycles. The summed E-state index contributed by atoms with van der Waals surface area (Å²) < 4.78 is 0.944. The lowest BCUT2D eigenvalue weighted by Crippen LogP contribution is -2.12. The van der Waals surface area contributed by atoms with Gasteiger partial charge in [-0.2, -0.15) is 0 Å². The maximum absolute atomic E-state index is 5.28. The van der Waals surface area contributed by atoms with Gasteiger partial charge in [-0.1, -0.05) is 4.85 Å². The molecule has 0 saturated heterocycles. The van der Waals surface area contributed by atoms with Crippen molar-refractivity contribution in [3.05, 3.63) is 10.7 Å². The van der Waals surface area contributed by atoms with Gasteiger partial charge in [-0.15, -0.1) is 5.10 Å². The molecule has 4 nitrogen and oxygen atoms in total. The summed E-state index contributed by atoms with van der Waals surface area (Å²) in [5.74, 6) is 0.905. The Kier molecular flexibility index (Phi) is 1.73. The van der Waals surface area contributed by atoms with Gasteiger partial charge in [0.2, 0.25) is 0 Å². The summed E-state index contributed by atoms with van der Waals surface area (Å²) in [6, 6.07) is 0. The molecular formula is C6H8BrN3O. The zero-order chi connectivity index (χ0) is 7.68. The van der Waals surface area contributed by atoms with E-state index in [9.17, 15) is 0 Å². The van der Waals surface area contributed by atoms with Crippen molar-refractivity contribution >= 4 is 21.7 Å². The summed E-state index contributed by atoms with van der Waals surface area (Å²) in [5, 5.41) is 7.20. The maximum atomic E-state index is 5.28. The molecule has 0 unspecified atom stereocenters. The molecular weight excluding hydrogens is 210 g/mol. The number of nitrogens with one attached hydrogen (secondary N) is 1. The molecule has 60 valence electrons. The van der Waals surface area contributed by atoms with Gasteiger partial charge in [0.15, 0.2) is 5.82 Å². The third-order valence-electron chi connectivity index (χ3n) is 1.52. The summed E-state index contributed by atoms with van der Waals surface area (Å²) in [5.41, 5.74) is 0. The van der Waals surface area contributed by atoms with Gasteiger partial charge in [0.05, 0.1) is 10.7 Å². The first kappa shape index (κ1) is 6.97. The lowest BCUT2D eigenvalue weighted by Gasteiger charge is -2.02. The molecule has 0 aliphatic carbocycles. The summed E-state index contributed by atoms with van der Waals surface area (Å²) in [7, 11) is 0. The second-order valence-electron chi connectivity index (χ2n) is 2.33. The van der Waals surface area contributed by atoms with Crippen LogP contribution in [-0.4, -0.2) is 23.1 Å². The molecule has 11 heavy (non-hydrogen) atoms. The van der Waals surface area contributed by atoms with E-state index in [1.807, 2.05) is 0 Å². The molecule has 0 spiro atoms. The number of nitrogens with zero attached hydrogens (tertiary/aromatic N) is 2. The molecule has 0 bridgehead atoms. The standard InChI is InChI=1S/C6H8BrN3O/c7-5-4-9-10-6(5)8-2-1-3-11-10/h4,8H,1-3H2. The van der Waals surface area contributed by atoms with Gasteiger partial charge in [-0.3, -0.25) is 0 Å². The number of anilines is 1. The van der Waals surface area contributed by atoms with E-state index >= 15 is 0 Å². The smallest absolute Gasteiger partial charge is 0.180 e. The van der Waals surface area contributed by atoms with Crippen LogP contribution < -0.4 is 10.2 Å². The van der Waals surface area contributed by atoms with Crippen LogP contribution in [0.3, 0.4) is 0 Å². The molecule has 1 aliphatic heterocycles. The minimum atomic E-state index is 0.716. The average molecular weight is 218 g/mol. The first-order valence-corrected chi connectivity index (χ1v) is 4.28. The van der Waals surface area contributed by atoms with Crippen molar-refractivity contribution in [3.63, 3.8) is 0 Å². The van der Waals surface area contributed by atoms with E-state index in [0.29, 0.717) is 6.61 Å². The second kappa shape index (κ2) is 2.73. The summed E-state index contributed by atoms with van der Waals surface area (Å²) in [6.45, 7) is 1.65. The fourth-order valence-electron chi connectivity index (χ4n) is 0.993. The average Bonchev–Trinajstić information content (AvgIpc) is 2.25. The second-order valence-corrected chi connectivity index (χ2v) is 3.18. The summed E-state index contributed by atoms with van der Waals surface area (Å²) in [6.07, 6.45) is 2.73. The van der Waals surface area contributed by atoms with Gasteiger partial charge in [0.1, 0.15) is 6.61 Å². The van der Waals surface area contributed by atoms with Gasteiger partial charge >= 0.3 is 0 Å². The van der Waals surface area contributed by atoms with Crippen molar-refractivity contribution in [2.45, 2.75) is 6.42 Å². The van der Waals surface area contributed by atoms with Crippen LogP contribution in [0.25, 0.3) is 0 Å². The van der Waals surface area contributed by atoms with E-state index in [1.165, 1.54) is 4.85 Å². The zero-order valence-corrected chi connectivity index (χ0v) is 7.47. The van der Waals surface area contributed by atoms with Gasteiger partial charge in [0, 0.05) is 13.0 Å². The Labute approximate surface area is 72.6 Å². The minimum Gasteiger partial charge on any atom is -0.395 e. The molecule has 0 saturated carbocycles. The van der Waals surface area contributed by atoms with E-state index in [0.717, 1.165) is 23.3 Å². The molecule has 1 aliphatic rings. The number of halogens is 1. The predicted octanol–water partition coefficient (Wildman–Crippen LogP) is 0.890.